The van der Waals surface area contributed by atoms with Crippen LogP contribution in [0, 0.1) is 0 Å². The molecule has 1 unspecified atom stereocenters. The van der Waals surface area contributed by atoms with Gasteiger partial charge in [0.15, 0.2) is 0 Å². The first kappa shape index (κ1) is 27.7. The standard InChI is InChI=1S/C28H30Cl2N4O4/c1-3-12-34-23(18-32-13-15-33(16-14-32)26(35)19-8-6-5-7-9-19)24(27(36)38-4-2)25(31-28(34)37)20-10-11-21(29)22(30)17-20/h3,5-11,17,25H,1,4,12-16,18H2,2H3,(H,31,37). The molecule has 2 aromatic carbocycles. The summed E-state index contributed by atoms with van der Waals surface area (Å²) >= 11 is 12.4. The second kappa shape index (κ2) is 12.5. The monoisotopic (exact) mass is 556 g/mol. The molecule has 2 heterocycles. The number of benzene rings is 2. The molecule has 200 valence electrons. The number of amides is 3. The molecule has 10 heteroatoms. The summed E-state index contributed by atoms with van der Waals surface area (Å²) in [6.45, 7) is 8.45. The van der Waals surface area contributed by atoms with Crippen LogP contribution in [0.3, 0.4) is 0 Å². The first-order chi connectivity index (χ1) is 18.3. The van der Waals surface area contributed by atoms with E-state index in [4.69, 9.17) is 27.9 Å². The molecule has 0 bridgehead atoms. The van der Waals surface area contributed by atoms with Crippen molar-refractivity contribution in [3.63, 3.8) is 0 Å². The van der Waals surface area contributed by atoms with E-state index in [1.54, 1.807) is 31.2 Å². The fourth-order valence-electron chi connectivity index (χ4n) is 4.67. The lowest BCUT2D eigenvalue weighted by Crippen LogP contribution is -2.53. The van der Waals surface area contributed by atoms with Crippen LogP contribution >= 0.6 is 23.2 Å². The van der Waals surface area contributed by atoms with E-state index in [-0.39, 0.29) is 25.1 Å². The van der Waals surface area contributed by atoms with Crippen LogP contribution in [0.25, 0.3) is 0 Å². The minimum Gasteiger partial charge on any atom is -0.463 e. The van der Waals surface area contributed by atoms with Crippen molar-refractivity contribution in [2.75, 3.05) is 45.9 Å². The van der Waals surface area contributed by atoms with Crippen molar-refractivity contribution in [2.45, 2.75) is 13.0 Å². The fraction of sp³-hybridized carbons (Fsp3) is 0.321. The molecule has 0 spiro atoms. The van der Waals surface area contributed by atoms with Gasteiger partial charge < -0.3 is 15.0 Å². The first-order valence-electron chi connectivity index (χ1n) is 12.4. The molecule has 1 saturated heterocycles. The quantitative estimate of drug-likeness (QED) is 0.382. The SMILES string of the molecule is C=CCN1C(=O)NC(c2ccc(Cl)c(Cl)c2)C(C(=O)OCC)=C1CN1CCN(C(=O)c2ccccc2)CC1. The molecule has 0 radical (unpaired) electrons. The number of esters is 1. The smallest absolute Gasteiger partial charge is 0.338 e. The van der Waals surface area contributed by atoms with Gasteiger partial charge in [-0.2, -0.15) is 0 Å². The maximum absolute atomic E-state index is 13.3. The molecule has 1 atom stereocenters. The Balaban J connectivity index is 1.64. The summed E-state index contributed by atoms with van der Waals surface area (Å²) in [6, 6.07) is 13.1. The van der Waals surface area contributed by atoms with Gasteiger partial charge in [0.05, 0.1) is 28.3 Å². The zero-order valence-corrected chi connectivity index (χ0v) is 22.7. The minimum absolute atomic E-state index is 0.0123. The molecule has 1 fully saturated rings. The Morgan fingerprint density at radius 1 is 1.08 bits per heavy atom. The van der Waals surface area contributed by atoms with Gasteiger partial charge in [0.25, 0.3) is 5.91 Å². The Hall–Kier alpha value is -3.33. The van der Waals surface area contributed by atoms with E-state index in [9.17, 15) is 14.4 Å². The Morgan fingerprint density at radius 3 is 2.42 bits per heavy atom. The lowest BCUT2D eigenvalue weighted by atomic mass is 9.94. The van der Waals surface area contributed by atoms with Crippen molar-refractivity contribution in [1.29, 1.82) is 0 Å². The van der Waals surface area contributed by atoms with Gasteiger partial charge >= 0.3 is 12.0 Å². The average Bonchev–Trinajstić information content (AvgIpc) is 2.92. The molecule has 8 nitrogen and oxygen atoms in total. The Kier molecular flexibility index (Phi) is 9.09. The first-order valence-corrected chi connectivity index (χ1v) is 13.2. The molecule has 4 rings (SSSR count). The number of hydrogen-bond acceptors (Lipinski definition) is 5. The Labute approximate surface area is 232 Å². The molecular formula is C28H30Cl2N4O4. The third-order valence-corrected chi connectivity index (χ3v) is 7.32. The third kappa shape index (κ3) is 6.04. The minimum atomic E-state index is -0.770. The van der Waals surface area contributed by atoms with E-state index >= 15 is 0 Å². The van der Waals surface area contributed by atoms with E-state index in [0.29, 0.717) is 65.2 Å². The van der Waals surface area contributed by atoms with Crippen LogP contribution in [-0.4, -0.2) is 78.5 Å². The van der Waals surface area contributed by atoms with Crippen LogP contribution in [0.1, 0.15) is 28.9 Å². The van der Waals surface area contributed by atoms with Crippen molar-refractivity contribution in [3.05, 3.63) is 93.6 Å². The zero-order chi connectivity index (χ0) is 27.2. The highest BCUT2D eigenvalue weighted by atomic mass is 35.5. The van der Waals surface area contributed by atoms with Gasteiger partial charge in [0.1, 0.15) is 0 Å². The Bertz CT molecular complexity index is 1240. The van der Waals surface area contributed by atoms with Crippen molar-refractivity contribution in [3.8, 4) is 0 Å². The van der Waals surface area contributed by atoms with E-state index in [1.165, 1.54) is 4.90 Å². The van der Waals surface area contributed by atoms with Crippen LogP contribution in [0.15, 0.2) is 72.5 Å². The van der Waals surface area contributed by atoms with Crippen LogP contribution in [-0.2, 0) is 9.53 Å². The predicted molar refractivity (Wildman–Crippen MR) is 147 cm³/mol. The molecule has 2 aliphatic rings. The largest absolute Gasteiger partial charge is 0.463 e. The number of halogens is 2. The molecule has 1 N–H and O–H groups in total. The maximum Gasteiger partial charge on any atom is 0.338 e. The highest BCUT2D eigenvalue weighted by molar-refractivity contribution is 6.42. The molecule has 2 aromatic rings. The van der Waals surface area contributed by atoms with Gasteiger partial charge in [-0.3, -0.25) is 14.6 Å². The predicted octanol–water partition coefficient (Wildman–Crippen LogP) is 4.52. The summed E-state index contributed by atoms with van der Waals surface area (Å²) in [6.07, 6.45) is 1.61. The molecule has 0 aliphatic carbocycles. The Morgan fingerprint density at radius 2 is 1.79 bits per heavy atom. The van der Waals surface area contributed by atoms with Gasteiger partial charge in [0.2, 0.25) is 0 Å². The zero-order valence-electron chi connectivity index (χ0n) is 21.2. The number of hydrogen-bond donors (Lipinski definition) is 1. The molecular weight excluding hydrogens is 527 g/mol. The van der Waals surface area contributed by atoms with Crippen LogP contribution < -0.4 is 5.32 Å². The second-order valence-electron chi connectivity index (χ2n) is 8.97. The summed E-state index contributed by atoms with van der Waals surface area (Å²) in [5.41, 5.74) is 2.13. The van der Waals surface area contributed by atoms with Gasteiger partial charge in [-0.05, 0) is 36.8 Å². The number of carbonyl (C=O) groups is 3. The van der Waals surface area contributed by atoms with Crippen LogP contribution in [0.5, 0.6) is 0 Å². The van der Waals surface area contributed by atoms with Crippen molar-refractivity contribution in [1.82, 2.24) is 20.0 Å². The lowest BCUT2D eigenvalue weighted by molar-refractivity contribution is -0.139. The van der Waals surface area contributed by atoms with Gasteiger partial charge in [-0.1, -0.05) is 53.5 Å². The van der Waals surface area contributed by atoms with Crippen LogP contribution in [0.4, 0.5) is 4.79 Å². The van der Waals surface area contributed by atoms with Gasteiger partial charge in [0, 0.05) is 50.5 Å². The third-order valence-electron chi connectivity index (χ3n) is 6.58. The highest BCUT2D eigenvalue weighted by Crippen LogP contribution is 2.35. The maximum atomic E-state index is 13.3. The number of carbonyl (C=O) groups excluding carboxylic acids is 3. The number of nitrogens with zero attached hydrogens (tertiary/aromatic N) is 3. The van der Waals surface area contributed by atoms with E-state index in [1.807, 2.05) is 35.2 Å². The number of nitrogens with one attached hydrogen (secondary N) is 1. The molecule has 0 saturated carbocycles. The second-order valence-corrected chi connectivity index (χ2v) is 9.78. The summed E-state index contributed by atoms with van der Waals surface area (Å²) in [5, 5.41) is 3.61. The summed E-state index contributed by atoms with van der Waals surface area (Å²) in [4.78, 5) is 44.9. The topological polar surface area (TPSA) is 82.2 Å². The van der Waals surface area contributed by atoms with Gasteiger partial charge in [-0.15, -0.1) is 6.58 Å². The lowest BCUT2D eigenvalue weighted by Gasteiger charge is -2.40. The van der Waals surface area contributed by atoms with E-state index < -0.39 is 12.0 Å². The van der Waals surface area contributed by atoms with Crippen molar-refractivity contribution < 1.29 is 19.1 Å². The summed E-state index contributed by atoms with van der Waals surface area (Å²) in [7, 11) is 0. The van der Waals surface area contributed by atoms with Crippen molar-refractivity contribution >= 4 is 41.1 Å². The normalized spacial score (nSPS) is 18.3. The number of rotatable bonds is 8. The van der Waals surface area contributed by atoms with E-state index in [0.717, 1.165) is 0 Å². The molecule has 2 aliphatic heterocycles. The number of urea groups is 1. The van der Waals surface area contributed by atoms with Gasteiger partial charge in [-0.25, -0.2) is 9.59 Å². The fourth-order valence-corrected chi connectivity index (χ4v) is 4.98. The highest BCUT2D eigenvalue weighted by Gasteiger charge is 2.39. The molecule has 0 aromatic heterocycles. The summed E-state index contributed by atoms with van der Waals surface area (Å²) < 4.78 is 5.43. The average molecular weight is 557 g/mol. The molecule has 38 heavy (non-hydrogen) atoms. The van der Waals surface area contributed by atoms with E-state index in [2.05, 4.69) is 16.8 Å². The molecule has 3 amide bonds. The number of ether oxygens (including phenoxy) is 1. The summed E-state index contributed by atoms with van der Waals surface area (Å²) in [5.74, 6) is -0.535. The number of piperazine rings is 1. The van der Waals surface area contributed by atoms with Crippen LogP contribution in [0.2, 0.25) is 10.0 Å². The van der Waals surface area contributed by atoms with Crippen molar-refractivity contribution in [2.24, 2.45) is 0 Å².